The quantitative estimate of drug-likeness (QED) is 0.267. The van der Waals surface area contributed by atoms with Gasteiger partial charge in [0, 0.05) is 35.9 Å². The van der Waals surface area contributed by atoms with Gasteiger partial charge in [-0.3, -0.25) is 19.2 Å². The van der Waals surface area contributed by atoms with Crippen LogP contribution >= 0.6 is 0 Å². The molecule has 34 heavy (non-hydrogen) atoms. The maximum absolute atomic E-state index is 12.6. The summed E-state index contributed by atoms with van der Waals surface area (Å²) < 4.78 is 5.26. The van der Waals surface area contributed by atoms with E-state index in [0.29, 0.717) is 11.3 Å². The summed E-state index contributed by atoms with van der Waals surface area (Å²) in [5, 5.41) is 11.2. The average molecular weight is 478 g/mol. The van der Waals surface area contributed by atoms with Crippen LogP contribution in [0.25, 0.3) is 0 Å². The molecule has 10 nitrogen and oxygen atoms in total. The van der Waals surface area contributed by atoms with Gasteiger partial charge >= 0.3 is 5.97 Å². The zero-order valence-electron chi connectivity index (χ0n) is 21.0. The third kappa shape index (κ3) is 9.88. The van der Waals surface area contributed by atoms with Crippen molar-refractivity contribution in [1.29, 1.82) is 0 Å². The summed E-state index contributed by atoms with van der Waals surface area (Å²) in [6, 6.07) is 4.42. The number of amides is 3. The van der Waals surface area contributed by atoms with Crippen molar-refractivity contribution in [3.8, 4) is 0 Å². The number of carbonyl (C=O) groups excluding carboxylic acids is 4. The van der Waals surface area contributed by atoms with Gasteiger partial charge in [-0.25, -0.2) is 0 Å². The Balaban J connectivity index is 2.89. The van der Waals surface area contributed by atoms with E-state index < -0.39 is 17.9 Å². The molecule has 1 aromatic carbocycles. The van der Waals surface area contributed by atoms with Crippen LogP contribution in [0.15, 0.2) is 18.2 Å². The summed E-state index contributed by atoms with van der Waals surface area (Å²) in [4.78, 5) is 49.3. The number of nitrogens with two attached hydrogens (primary N) is 1. The molecule has 1 atom stereocenters. The maximum atomic E-state index is 12.6. The largest absolute Gasteiger partial charge is 0.461 e. The lowest BCUT2D eigenvalue weighted by atomic mass is 10.0. The molecule has 1 rings (SSSR count). The van der Waals surface area contributed by atoms with E-state index in [4.69, 9.17) is 10.5 Å². The fraction of sp³-hybridized carbons (Fsp3) is 0.583. The highest BCUT2D eigenvalue weighted by atomic mass is 16.5. The zero-order chi connectivity index (χ0) is 25.8. The molecule has 0 aromatic heterocycles. The van der Waals surface area contributed by atoms with Crippen LogP contribution in [-0.4, -0.2) is 55.4 Å². The van der Waals surface area contributed by atoms with E-state index in [1.165, 1.54) is 6.07 Å². The van der Waals surface area contributed by atoms with Crippen LogP contribution in [0.2, 0.25) is 0 Å². The summed E-state index contributed by atoms with van der Waals surface area (Å²) >= 11 is 0. The zero-order valence-corrected chi connectivity index (χ0v) is 21.0. The van der Waals surface area contributed by atoms with E-state index >= 15 is 0 Å². The Morgan fingerprint density at radius 3 is 2.24 bits per heavy atom. The van der Waals surface area contributed by atoms with E-state index in [-0.39, 0.29) is 61.6 Å². The molecule has 0 aliphatic carbocycles. The van der Waals surface area contributed by atoms with Gasteiger partial charge < -0.3 is 31.7 Å². The number of carbonyl (C=O) groups is 4. The minimum atomic E-state index is -0.437. The van der Waals surface area contributed by atoms with Gasteiger partial charge in [0.05, 0.1) is 18.5 Å². The van der Waals surface area contributed by atoms with Crippen molar-refractivity contribution in [2.75, 3.05) is 25.0 Å². The third-order valence-corrected chi connectivity index (χ3v) is 4.79. The number of nitrogens with one attached hydrogen (secondary N) is 4. The molecular formula is C24H39N5O5. The monoisotopic (exact) mass is 477 g/mol. The van der Waals surface area contributed by atoms with Crippen molar-refractivity contribution in [2.24, 2.45) is 17.6 Å². The van der Waals surface area contributed by atoms with Crippen LogP contribution in [0.1, 0.15) is 57.5 Å². The number of esters is 1. The van der Waals surface area contributed by atoms with E-state index in [2.05, 4.69) is 21.3 Å². The minimum absolute atomic E-state index is 0.0531. The molecule has 0 aliphatic rings. The van der Waals surface area contributed by atoms with Crippen molar-refractivity contribution >= 4 is 29.4 Å². The van der Waals surface area contributed by atoms with Gasteiger partial charge in [0.2, 0.25) is 11.8 Å². The molecule has 0 radical (unpaired) electrons. The Kier molecular flexibility index (Phi) is 12.2. The average Bonchev–Trinajstić information content (AvgIpc) is 2.77. The maximum Gasteiger partial charge on any atom is 0.308 e. The highest BCUT2D eigenvalue weighted by molar-refractivity contribution is 5.99. The van der Waals surface area contributed by atoms with Crippen molar-refractivity contribution in [3.05, 3.63) is 29.3 Å². The fourth-order valence-electron chi connectivity index (χ4n) is 3.00. The van der Waals surface area contributed by atoms with Crippen LogP contribution in [0.3, 0.4) is 0 Å². The lowest BCUT2D eigenvalue weighted by Gasteiger charge is -2.23. The van der Waals surface area contributed by atoms with E-state index in [1.807, 2.05) is 27.7 Å². The smallest absolute Gasteiger partial charge is 0.308 e. The molecule has 0 bridgehead atoms. The molecule has 0 fully saturated rings. The van der Waals surface area contributed by atoms with Crippen molar-refractivity contribution in [2.45, 2.75) is 60.2 Å². The van der Waals surface area contributed by atoms with Gasteiger partial charge in [-0.1, -0.05) is 47.6 Å². The molecule has 6 N–H and O–H groups in total. The number of hydrogen-bond donors (Lipinski definition) is 5. The van der Waals surface area contributed by atoms with Gasteiger partial charge in [-0.2, -0.15) is 0 Å². The van der Waals surface area contributed by atoms with E-state index in [9.17, 15) is 19.2 Å². The SMILES string of the molecule is CC(C)NC(C(=O)NCC(=O)Nc1ccc(COC(=O)C(C)C)c(C(=O)NCCN)c1)C(C)C. The van der Waals surface area contributed by atoms with Crippen molar-refractivity contribution < 1.29 is 23.9 Å². The molecule has 1 aromatic rings. The molecule has 0 aliphatic heterocycles. The summed E-state index contributed by atoms with van der Waals surface area (Å²) in [6.45, 7) is 11.4. The van der Waals surface area contributed by atoms with Crippen LogP contribution in [0, 0.1) is 11.8 Å². The van der Waals surface area contributed by atoms with Gasteiger partial charge in [0.1, 0.15) is 6.61 Å². The van der Waals surface area contributed by atoms with E-state index in [1.54, 1.807) is 26.0 Å². The molecule has 10 heteroatoms. The molecule has 3 amide bonds. The topological polar surface area (TPSA) is 152 Å². The Morgan fingerprint density at radius 1 is 1.00 bits per heavy atom. The molecule has 0 saturated heterocycles. The second-order valence-corrected chi connectivity index (χ2v) is 8.99. The highest BCUT2D eigenvalue weighted by Gasteiger charge is 2.23. The molecular weight excluding hydrogens is 438 g/mol. The van der Waals surface area contributed by atoms with Crippen molar-refractivity contribution in [3.63, 3.8) is 0 Å². The lowest BCUT2D eigenvalue weighted by molar-refractivity contribution is -0.148. The van der Waals surface area contributed by atoms with Gasteiger partial charge in [-0.05, 0) is 18.1 Å². The first-order valence-corrected chi connectivity index (χ1v) is 11.6. The second-order valence-electron chi connectivity index (χ2n) is 8.99. The molecule has 1 unspecified atom stereocenters. The van der Waals surface area contributed by atoms with Crippen LogP contribution in [0.4, 0.5) is 5.69 Å². The highest BCUT2D eigenvalue weighted by Crippen LogP contribution is 2.18. The number of rotatable bonds is 13. The first kappa shape index (κ1) is 29.1. The number of ether oxygens (including phenoxy) is 1. The normalized spacial score (nSPS) is 11.9. The Bertz CT molecular complexity index is 854. The summed E-state index contributed by atoms with van der Waals surface area (Å²) in [7, 11) is 0. The predicted octanol–water partition coefficient (Wildman–Crippen LogP) is 1.15. The number of anilines is 1. The first-order valence-electron chi connectivity index (χ1n) is 11.6. The molecule has 0 spiro atoms. The first-order chi connectivity index (χ1) is 16.0. The Morgan fingerprint density at radius 2 is 1.68 bits per heavy atom. The third-order valence-electron chi connectivity index (χ3n) is 4.79. The second kappa shape index (κ2) is 14.3. The van der Waals surface area contributed by atoms with E-state index in [0.717, 1.165) is 0 Å². The molecule has 190 valence electrons. The lowest BCUT2D eigenvalue weighted by Crippen LogP contribution is -2.51. The Labute approximate surface area is 201 Å². The van der Waals surface area contributed by atoms with Gasteiger partial charge in [0.15, 0.2) is 0 Å². The molecule has 0 heterocycles. The Hall–Kier alpha value is -2.98. The minimum Gasteiger partial charge on any atom is -0.461 e. The summed E-state index contributed by atoms with van der Waals surface area (Å²) in [6.07, 6.45) is 0. The van der Waals surface area contributed by atoms with Gasteiger partial charge in [-0.15, -0.1) is 0 Å². The number of hydrogen-bond acceptors (Lipinski definition) is 7. The molecule has 0 saturated carbocycles. The predicted molar refractivity (Wildman–Crippen MR) is 131 cm³/mol. The summed E-state index contributed by atoms with van der Waals surface area (Å²) in [5.74, 6) is -1.72. The van der Waals surface area contributed by atoms with Crippen LogP contribution < -0.4 is 27.0 Å². The van der Waals surface area contributed by atoms with Crippen LogP contribution in [0.5, 0.6) is 0 Å². The standard InChI is InChI=1S/C24H39N5O5/c1-14(2)21(28-16(5)6)23(32)27-12-20(30)29-18-8-7-17(13-34-24(33)15(3)4)19(11-18)22(31)26-10-9-25/h7-8,11,14-16,21,28H,9-10,12-13,25H2,1-6H3,(H,26,31)(H,27,32)(H,29,30). The van der Waals surface area contributed by atoms with Crippen LogP contribution in [-0.2, 0) is 25.7 Å². The van der Waals surface area contributed by atoms with Gasteiger partial charge in [0.25, 0.3) is 5.91 Å². The van der Waals surface area contributed by atoms with Crippen molar-refractivity contribution in [1.82, 2.24) is 16.0 Å². The summed E-state index contributed by atoms with van der Waals surface area (Å²) in [5.41, 5.74) is 6.59. The fourth-order valence-corrected chi connectivity index (χ4v) is 3.00. The number of benzene rings is 1.